The van der Waals surface area contributed by atoms with E-state index in [0.717, 1.165) is 43.3 Å². The van der Waals surface area contributed by atoms with E-state index in [9.17, 15) is 0 Å². The van der Waals surface area contributed by atoms with Crippen LogP contribution in [0, 0.1) is 0 Å². The van der Waals surface area contributed by atoms with Gasteiger partial charge in [0.05, 0.1) is 23.8 Å². The van der Waals surface area contributed by atoms with E-state index in [2.05, 4.69) is 39.1 Å². The molecule has 5 nitrogen and oxygen atoms in total. The maximum absolute atomic E-state index is 4.43. The standard InChI is InChI=1S/C15H21N5/c1-3-7-17-15-10-18-14(9-19-15)12-20(2)11-13-6-4-5-8-16-13/h4-6,8-10H,3,7,11-12H2,1-2H3,(H,17,19). The van der Waals surface area contributed by atoms with Gasteiger partial charge in [0, 0.05) is 25.8 Å². The van der Waals surface area contributed by atoms with Gasteiger partial charge in [-0.05, 0) is 25.6 Å². The molecule has 0 aliphatic rings. The number of pyridine rings is 1. The van der Waals surface area contributed by atoms with E-state index >= 15 is 0 Å². The summed E-state index contributed by atoms with van der Waals surface area (Å²) in [5.74, 6) is 0.836. The van der Waals surface area contributed by atoms with Crippen molar-refractivity contribution >= 4 is 5.82 Å². The average molecular weight is 271 g/mol. The van der Waals surface area contributed by atoms with Crippen LogP contribution in [0.25, 0.3) is 0 Å². The van der Waals surface area contributed by atoms with Gasteiger partial charge in [0.2, 0.25) is 0 Å². The SMILES string of the molecule is CCCNc1cnc(CN(C)Cc2ccccn2)cn1. The molecule has 0 unspecified atom stereocenters. The quantitative estimate of drug-likeness (QED) is 0.837. The van der Waals surface area contributed by atoms with Crippen molar-refractivity contribution in [3.63, 3.8) is 0 Å². The van der Waals surface area contributed by atoms with Crippen molar-refractivity contribution in [3.8, 4) is 0 Å². The molecule has 0 aromatic carbocycles. The molecule has 106 valence electrons. The van der Waals surface area contributed by atoms with Crippen LogP contribution < -0.4 is 5.32 Å². The minimum Gasteiger partial charge on any atom is -0.369 e. The van der Waals surface area contributed by atoms with Crippen LogP contribution in [0.1, 0.15) is 24.7 Å². The third-order valence-electron chi connectivity index (χ3n) is 2.85. The van der Waals surface area contributed by atoms with Crippen molar-refractivity contribution in [3.05, 3.63) is 48.2 Å². The van der Waals surface area contributed by atoms with Gasteiger partial charge in [-0.25, -0.2) is 4.98 Å². The lowest BCUT2D eigenvalue weighted by Gasteiger charge is -2.15. The van der Waals surface area contributed by atoms with Gasteiger partial charge in [0.15, 0.2) is 0 Å². The van der Waals surface area contributed by atoms with E-state index in [4.69, 9.17) is 0 Å². The summed E-state index contributed by atoms with van der Waals surface area (Å²) in [6.07, 6.45) is 6.51. The molecule has 2 aromatic rings. The van der Waals surface area contributed by atoms with E-state index in [-0.39, 0.29) is 0 Å². The molecule has 20 heavy (non-hydrogen) atoms. The smallest absolute Gasteiger partial charge is 0.144 e. The fourth-order valence-electron chi connectivity index (χ4n) is 1.88. The largest absolute Gasteiger partial charge is 0.369 e. The Labute approximate surface area is 120 Å². The predicted octanol–water partition coefficient (Wildman–Crippen LogP) is 2.33. The normalized spacial score (nSPS) is 10.8. The van der Waals surface area contributed by atoms with Gasteiger partial charge in [-0.3, -0.25) is 14.9 Å². The first-order valence-electron chi connectivity index (χ1n) is 6.91. The third-order valence-corrected chi connectivity index (χ3v) is 2.85. The number of anilines is 1. The van der Waals surface area contributed by atoms with Crippen LogP contribution in [0.15, 0.2) is 36.8 Å². The van der Waals surface area contributed by atoms with Crippen molar-refractivity contribution < 1.29 is 0 Å². The first-order chi connectivity index (χ1) is 9.78. The fraction of sp³-hybridized carbons (Fsp3) is 0.400. The zero-order chi connectivity index (χ0) is 14.2. The van der Waals surface area contributed by atoms with Crippen molar-refractivity contribution in [2.45, 2.75) is 26.4 Å². The van der Waals surface area contributed by atoms with E-state index in [1.165, 1.54) is 0 Å². The van der Waals surface area contributed by atoms with Gasteiger partial charge in [0.25, 0.3) is 0 Å². The minimum absolute atomic E-state index is 0.762. The topological polar surface area (TPSA) is 53.9 Å². The first kappa shape index (κ1) is 14.4. The summed E-state index contributed by atoms with van der Waals surface area (Å²) in [4.78, 5) is 15.3. The fourth-order valence-corrected chi connectivity index (χ4v) is 1.88. The van der Waals surface area contributed by atoms with Gasteiger partial charge in [-0.1, -0.05) is 13.0 Å². The van der Waals surface area contributed by atoms with Gasteiger partial charge >= 0.3 is 0 Å². The molecule has 2 rings (SSSR count). The molecule has 0 atom stereocenters. The van der Waals surface area contributed by atoms with Crippen LogP contribution >= 0.6 is 0 Å². The monoisotopic (exact) mass is 271 g/mol. The highest BCUT2D eigenvalue weighted by Gasteiger charge is 2.04. The summed E-state index contributed by atoms with van der Waals surface area (Å²) >= 11 is 0. The van der Waals surface area contributed by atoms with Crippen molar-refractivity contribution in [2.24, 2.45) is 0 Å². The molecule has 0 aliphatic heterocycles. The second-order valence-corrected chi connectivity index (χ2v) is 4.81. The van der Waals surface area contributed by atoms with Crippen LogP contribution in [-0.4, -0.2) is 33.4 Å². The van der Waals surface area contributed by atoms with Crippen LogP contribution in [0.5, 0.6) is 0 Å². The Morgan fingerprint density at radius 3 is 2.55 bits per heavy atom. The highest BCUT2D eigenvalue weighted by molar-refractivity contribution is 5.30. The zero-order valence-electron chi connectivity index (χ0n) is 12.1. The molecule has 0 amide bonds. The van der Waals surface area contributed by atoms with Crippen LogP contribution in [0.4, 0.5) is 5.82 Å². The Morgan fingerprint density at radius 1 is 1.05 bits per heavy atom. The lowest BCUT2D eigenvalue weighted by atomic mass is 10.3. The summed E-state index contributed by atoms with van der Waals surface area (Å²) in [7, 11) is 2.06. The van der Waals surface area contributed by atoms with Gasteiger partial charge in [-0.15, -0.1) is 0 Å². The molecule has 5 heteroatoms. The Hall–Kier alpha value is -2.01. The van der Waals surface area contributed by atoms with Crippen LogP contribution in [-0.2, 0) is 13.1 Å². The number of hydrogen-bond donors (Lipinski definition) is 1. The van der Waals surface area contributed by atoms with E-state index in [1.54, 1.807) is 6.20 Å². The van der Waals surface area contributed by atoms with Crippen molar-refractivity contribution in [1.82, 2.24) is 19.9 Å². The van der Waals surface area contributed by atoms with Crippen molar-refractivity contribution in [2.75, 3.05) is 18.9 Å². The molecular formula is C15H21N5. The van der Waals surface area contributed by atoms with Crippen LogP contribution in [0.2, 0.25) is 0 Å². The first-order valence-corrected chi connectivity index (χ1v) is 6.91. The number of nitrogens with zero attached hydrogens (tertiary/aromatic N) is 4. The lowest BCUT2D eigenvalue weighted by Crippen LogP contribution is -2.18. The van der Waals surface area contributed by atoms with E-state index < -0.39 is 0 Å². The Kier molecular flexibility index (Phi) is 5.43. The molecule has 0 aliphatic carbocycles. The van der Waals surface area contributed by atoms with Gasteiger partial charge < -0.3 is 5.32 Å². The molecule has 2 aromatic heterocycles. The lowest BCUT2D eigenvalue weighted by molar-refractivity contribution is 0.311. The summed E-state index contributed by atoms with van der Waals surface area (Å²) < 4.78 is 0. The van der Waals surface area contributed by atoms with E-state index in [1.807, 2.05) is 30.6 Å². The highest BCUT2D eigenvalue weighted by atomic mass is 15.1. The number of nitrogens with one attached hydrogen (secondary N) is 1. The molecule has 0 saturated heterocycles. The molecule has 0 radical (unpaired) electrons. The highest BCUT2D eigenvalue weighted by Crippen LogP contribution is 2.06. The van der Waals surface area contributed by atoms with Gasteiger partial charge in [0.1, 0.15) is 5.82 Å². The Balaban J connectivity index is 1.86. The molecular weight excluding hydrogens is 250 g/mol. The second kappa shape index (κ2) is 7.55. The minimum atomic E-state index is 0.762. The van der Waals surface area contributed by atoms with Crippen molar-refractivity contribution in [1.29, 1.82) is 0 Å². The predicted molar refractivity (Wildman–Crippen MR) is 80.2 cm³/mol. The van der Waals surface area contributed by atoms with Crippen LogP contribution in [0.3, 0.4) is 0 Å². The molecule has 0 spiro atoms. The number of rotatable bonds is 7. The average Bonchev–Trinajstić information content (AvgIpc) is 2.47. The third kappa shape index (κ3) is 4.59. The Bertz CT molecular complexity index is 497. The molecule has 0 saturated carbocycles. The number of aromatic nitrogens is 3. The molecule has 2 heterocycles. The summed E-state index contributed by atoms with van der Waals surface area (Å²) in [5, 5.41) is 3.22. The number of hydrogen-bond acceptors (Lipinski definition) is 5. The maximum atomic E-state index is 4.43. The summed E-state index contributed by atoms with van der Waals surface area (Å²) in [6, 6.07) is 5.96. The Morgan fingerprint density at radius 2 is 1.90 bits per heavy atom. The molecule has 1 N–H and O–H groups in total. The van der Waals surface area contributed by atoms with Gasteiger partial charge in [-0.2, -0.15) is 0 Å². The summed E-state index contributed by atoms with van der Waals surface area (Å²) in [6.45, 7) is 4.62. The zero-order valence-corrected chi connectivity index (χ0v) is 12.1. The van der Waals surface area contributed by atoms with E-state index in [0.29, 0.717) is 0 Å². The summed E-state index contributed by atoms with van der Waals surface area (Å²) in [5.41, 5.74) is 2.02. The maximum Gasteiger partial charge on any atom is 0.144 e. The second-order valence-electron chi connectivity index (χ2n) is 4.81. The molecule has 0 bridgehead atoms. The molecule has 0 fully saturated rings.